The molecule has 6 rings (SSSR count). The molecule has 1 aromatic carbocycles. The van der Waals surface area contributed by atoms with Gasteiger partial charge >= 0.3 is 0 Å². The van der Waals surface area contributed by atoms with Crippen molar-refractivity contribution in [2.45, 2.75) is 55.3 Å². The van der Waals surface area contributed by atoms with Crippen molar-refractivity contribution in [2.75, 3.05) is 12.9 Å². The quantitative estimate of drug-likeness (QED) is 0.455. The van der Waals surface area contributed by atoms with E-state index in [0.29, 0.717) is 18.4 Å². The van der Waals surface area contributed by atoms with E-state index in [2.05, 4.69) is 14.8 Å². The van der Waals surface area contributed by atoms with Gasteiger partial charge in [0.15, 0.2) is 5.16 Å². The van der Waals surface area contributed by atoms with Crippen LogP contribution in [-0.2, 0) is 4.79 Å². The van der Waals surface area contributed by atoms with Crippen LogP contribution in [0.5, 0.6) is 5.75 Å². The lowest BCUT2D eigenvalue weighted by Crippen LogP contribution is -2.28. The molecule has 0 N–H and O–H groups in total. The Morgan fingerprint density at radius 2 is 1.97 bits per heavy atom. The van der Waals surface area contributed by atoms with Gasteiger partial charge < -0.3 is 13.7 Å². The molecule has 1 aliphatic heterocycles. The fraction of sp³-hybridized carbons (Fsp3) is 0.417. The largest absolute Gasteiger partial charge is 0.497 e. The second kappa shape index (κ2) is 8.37. The maximum atomic E-state index is 13.3. The zero-order valence-electron chi connectivity index (χ0n) is 18.4. The molecule has 0 radical (unpaired) electrons. The van der Waals surface area contributed by atoms with E-state index in [4.69, 9.17) is 14.3 Å². The molecule has 3 aromatic rings. The van der Waals surface area contributed by atoms with Crippen LogP contribution < -0.4 is 4.74 Å². The van der Waals surface area contributed by atoms with Crippen molar-refractivity contribution in [3.63, 3.8) is 0 Å². The smallest absolute Gasteiger partial charge is 0.253 e. The third-order valence-corrected chi connectivity index (χ3v) is 7.26. The Morgan fingerprint density at radius 3 is 2.64 bits per heavy atom. The lowest BCUT2D eigenvalue weighted by molar-refractivity contribution is -0.130. The number of benzene rings is 1. The average Bonchev–Trinajstić information content (AvgIpc) is 3.72. The summed E-state index contributed by atoms with van der Waals surface area (Å²) in [7, 11) is 1.64. The van der Waals surface area contributed by atoms with E-state index in [0.717, 1.165) is 33.8 Å². The Labute approximate surface area is 196 Å². The van der Waals surface area contributed by atoms with Crippen LogP contribution in [0.15, 0.2) is 57.3 Å². The van der Waals surface area contributed by atoms with Crippen LogP contribution in [-0.4, -0.2) is 44.3 Å². The maximum Gasteiger partial charge on any atom is 0.253 e. The fourth-order valence-corrected chi connectivity index (χ4v) is 5.14. The predicted octanol–water partition coefficient (Wildman–Crippen LogP) is 4.56. The Balaban J connectivity index is 1.22. The topological polar surface area (TPSA) is 85.8 Å². The van der Waals surface area contributed by atoms with Crippen molar-refractivity contribution >= 4 is 23.4 Å². The summed E-state index contributed by atoms with van der Waals surface area (Å²) in [6.07, 6.45) is 6.95. The zero-order valence-corrected chi connectivity index (χ0v) is 19.2. The number of carbonyl (C=O) groups is 1. The van der Waals surface area contributed by atoms with Crippen LogP contribution in [0, 0.1) is 0 Å². The molecule has 3 heterocycles. The van der Waals surface area contributed by atoms with Gasteiger partial charge in [0.1, 0.15) is 23.4 Å². The lowest BCUT2D eigenvalue weighted by atomic mass is 10.0. The number of ether oxygens (including phenoxy) is 1. The fourth-order valence-electron chi connectivity index (χ4n) is 4.28. The van der Waals surface area contributed by atoms with Crippen molar-refractivity contribution in [2.24, 2.45) is 5.10 Å². The molecule has 0 spiro atoms. The van der Waals surface area contributed by atoms with Crippen molar-refractivity contribution in [3.8, 4) is 5.75 Å². The first-order chi connectivity index (χ1) is 16.2. The molecule has 3 aliphatic rings. The van der Waals surface area contributed by atoms with Crippen LogP contribution in [0.3, 0.4) is 0 Å². The van der Waals surface area contributed by atoms with Gasteiger partial charge in [0.05, 0.1) is 24.8 Å². The van der Waals surface area contributed by atoms with Gasteiger partial charge in [-0.2, -0.15) is 5.10 Å². The van der Waals surface area contributed by atoms with E-state index in [1.54, 1.807) is 18.4 Å². The first-order valence-corrected chi connectivity index (χ1v) is 12.3. The highest BCUT2D eigenvalue weighted by Crippen LogP contribution is 2.46. The van der Waals surface area contributed by atoms with Crippen molar-refractivity contribution in [1.82, 2.24) is 19.8 Å². The molecule has 170 valence electrons. The standard InChI is InChI=1S/C24H25N5O3S/c1-31-18-10-6-15(7-11-18)19-13-20(21-3-2-12-32-21)29(27-19)22(30)14-33-24-26-25-23(16-4-5-16)28(24)17-8-9-17/h2-3,6-7,10-12,16-17,20H,4-5,8-9,13-14H2,1H3/t20-/m0/s1. The van der Waals surface area contributed by atoms with E-state index in [9.17, 15) is 4.79 Å². The Morgan fingerprint density at radius 1 is 1.15 bits per heavy atom. The van der Waals surface area contributed by atoms with Gasteiger partial charge in [-0.05, 0) is 67.6 Å². The van der Waals surface area contributed by atoms with Crippen LogP contribution in [0.4, 0.5) is 0 Å². The molecule has 2 aromatic heterocycles. The number of rotatable bonds is 8. The van der Waals surface area contributed by atoms with Crippen LogP contribution in [0.1, 0.15) is 67.3 Å². The number of hydrogen-bond donors (Lipinski definition) is 0. The number of hydrogen-bond acceptors (Lipinski definition) is 7. The molecule has 33 heavy (non-hydrogen) atoms. The Kier molecular flexibility index (Phi) is 5.21. The number of nitrogens with zero attached hydrogens (tertiary/aromatic N) is 5. The van der Waals surface area contributed by atoms with Gasteiger partial charge in [-0.15, -0.1) is 10.2 Å². The molecule has 8 nitrogen and oxygen atoms in total. The minimum Gasteiger partial charge on any atom is -0.497 e. The highest BCUT2D eigenvalue weighted by molar-refractivity contribution is 7.99. The number of aromatic nitrogens is 3. The minimum absolute atomic E-state index is 0.0665. The van der Waals surface area contributed by atoms with E-state index in [-0.39, 0.29) is 17.7 Å². The number of methoxy groups -OCH3 is 1. The minimum atomic E-state index is -0.256. The monoisotopic (exact) mass is 463 g/mol. The summed E-state index contributed by atoms with van der Waals surface area (Å²) in [5.74, 6) is 3.35. The summed E-state index contributed by atoms with van der Waals surface area (Å²) < 4.78 is 13.2. The number of furan rings is 1. The molecular formula is C24H25N5O3S. The second-order valence-corrected chi connectivity index (χ2v) is 9.70. The van der Waals surface area contributed by atoms with E-state index in [1.165, 1.54) is 37.4 Å². The van der Waals surface area contributed by atoms with Crippen molar-refractivity contribution in [1.29, 1.82) is 0 Å². The molecule has 2 fully saturated rings. The Bertz CT molecular complexity index is 1180. The van der Waals surface area contributed by atoms with Crippen LogP contribution >= 0.6 is 11.8 Å². The number of amides is 1. The first kappa shape index (κ1) is 20.5. The van der Waals surface area contributed by atoms with Gasteiger partial charge in [0.25, 0.3) is 5.91 Å². The normalized spacial score (nSPS) is 20.2. The van der Waals surface area contributed by atoms with E-state index in [1.807, 2.05) is 36.4 Å². The maximum absolute atomic E-state index is 13.3. The molecule has 9 heteroatoms. The molecule has 0 bridgehead atoms. The summed E-state index contributed by atoms with van der Waals surface area (Å²) in [5, 5.41) is 16.0. The predicted molar refractivity (Wildman–Crippen MR) is 123 cm³/mol. The first-order valence-electron chi connectivity index (χ1n) is 11.4. The SMILES string of the molecule is COc1ccc(C2=NN(C(=O)CSc3nnc(C4CC4)n3C3CC3)[C@H](c3ccco3)C2)cc1. The molecule has 1 atom stereocenters. The van der Waals surface area contributed by atoms with Gasteiger partial charge in [-0.3, -0.25) is 4.79 Å². The summed E-state index contributed by atoms with van der Waals surface area (Å²) in [6.45, 7) is 0. The summed E-state index contributed by atoms with van der Waals surface area (Å²) in [6, 6.07) is 11.7. The third-order valence-electron chi connectivity index (χ3n) is 6.33. The highest BCUT2D eigenvalue weighted by atomic mass is 32.2. The van der Waals surface area contributed by atoms with Crippen LogP contribution in [0.2, 0.25) is 0 Å². The zero-order chi connectivity index (χ0) is 22.4. The summed E-state index contributed by atoms with van der Waals surface area (Å²) in [4.78, 5) is 13.3. The van der Waals surface area contributed by atoms with Gasteiger partial charge in [0.2, 0.25) is 0 Å². The van der Waals surface area contributed by atoms with E-state index >= 15 is 0 Å². The molecular weight excluding hydrogens is 438 g/mol. The summed E-state index contributed by atoms with van der Waals surface area (Å²) in [5.41, 5.74) is 1.83. The molecule has 2 saturated carbocycles. The number of thioether (sulfide) groups is 1. The van der Waals surface area contributed by atoms with Crippen molar-refractivity contribution in [3.05, 3.63) is 59.8 Å². The summed E-state index contributed by atoms with van der Waals surface area (Å²) >= 11 is 1.46. The van der Waals surface area contributed by atoms with Gasteiger partial charge in [0, 0.05) is 18.4 Å². The second-order valence-electron chi connectivity index (χ2n) is 8.75. The Hall–Kier alpha value is -3.07. The highest BCUT2D eigenvalue weighted by Gasteiger charge is 2.38. The lowest BCUT2D eigenvalue weighted by Gasteiger charge is -2.19. The molecule has 0 saturated heterocycles. The van der Waals surface area contributed by atoms with E-state index < -0.39 is 0 Å². The third kappa shape index (κ3) is 4.06. The number of hydrazone groups is 1. The van der Waals surface area contributed by atoms with Gasteiger partial charge in [-0.1, -0.05) is 11.8 Å². The molecule has 1 amide bonds. The average molecular weight is 464 g/mol. The van der Waals surface area contributed by atoms with Crippen molar-refractivity contribution < 1.29 is 13.9 Å². The number of carbonyl (C=O) groups excluding carboxylic acids is 1. The van der Waals surface area contributed by atoms with Gasteiger partial charge in [-0.25, -0.2) is 5.01 Å². The molecule has 0 unspecified atom stereocenters. The van der Waals surface area contributed by atoms with Crippen LogP contribution in [0.25, 0.3) is 0 Å². The molecule has 2 aliphatic carbocycles.